The zero-order chi connectivity index (χ0) is 31.2. The zero-order valence-corrected chi connectivity index (χ0v) is 25.6. The molecule has 2 heterocycles. The molecule has 3 amide bonds. The highest BCUT2D eigenvalue weighted by molar-refractivity contribution is 9.10. The van der Waals surface area contributed by atoms with Gasteiger partial charge in [-0.25, -0.2) is 13.6 Å². The number of amides is 3. The number of carbonyl (C=O) groups excluding carboxylic acids is 3. The zero-order valence-electron chi connectivity index (χ0n) is 24.1. The molecule has 224 valence electrons. The van der Waals surface area contributed by atoms with Gasteiger partial charge < -0.3 is 15.5 Å². The Labute approximate surface area is 262 Å². The molecule has 0 bridgehead atoms. The molecule has 44 heavy (non-hydrogen) atoms. The monoisotopic (exact) mass is 657 g/mol. The van der Waals surface area contributed by atoms with Crippen LogP contribution in [0.25, 0.3) is 0 Å². The van der Waals surface area contributed by atoms with E-state index in [0.717, 1.165) is 17.7 Å². The van der Waals surface area contributed by atoms with Gasteiger partial charge in [-0.15, -0.1) is 0 Å². The van der Waals surface area contributed by atoms with Crippen LogP contribution in [-0.4, -0.2) is 28.7 Å². The predicted octanol–water partition coefficient (Wildman–Crippen LogP) is 8.12. The molecule has 1 saturated heterocycles. The summed E-state index contributed by atoms with van der Waals surface area (Å²) >= 11 is 3.54. The van der Waals surface area contributed by atoms with Gasteiger partial charge in [-0.1, -0.05) is 90.4 Å². The molecule has 2 N–H and O–H groups in total. The fourth-order valence-electron chi connectivity index (χ4n) is 6.91. The van der Waals surface area contributed by atoms with Gasteiger partial charge in [0.1, 0.15) is 0 Å². The van der Waals surface area contributed by atoms with Crippen LogP contribution in [0.3, 0.4) is 0 Å². The Balaban J connectivity index is 1.65. The van der Waals surface area contributed by atoms with Crippen molar-refractivity contribution in [3.8, 4) is 0 Å². The first-order valence-corrected chi connectivity index (χ1v) is 15.2. The van der Waals surface area contributed by atoms with Gasteiger partial charge in [0.2, 0.25) is 0 Å². The molecule has 2 aliphatic heterocycles. The first-order valence-electron chi connectivity index (χ1n) is 14.4. The van der Waals surface area contributed by atoms with Gasteiger partial charge in [0.05, 0.1) is 5.92 Å². The van der Waals surface area contributed by atoms with Gasteiger partial charge in [-0.2, -0.15) is 0 Å². The molecule has 4 unspecified atom stereocenters. The van der Waals surface area contributed by atoms with Crippen LogP contribution in [0.2, 0.25) is 0 Å². The van der Waals surface area contributed by atoms with Crippen molar-refractivity contribution in [3.63, 3.8) is 0 Å². The van der Waals surface area contributed by atoms with E-state index >= 15 is 0 Å². The van der Waals surface area contributed by atoms with Gasteiger partial charge in [0, 0.05) is 45.0 Å². The molecule has 4 aromatic carbocycles. The topological polar surface area (TPSA) is 78.5 Å². The summed E-state index contributed by atoms with van der Waals surface area (Å²) in [6.07, 6.45) is 0.460. The lowest BCUT2D eigenvalue weighted by atomic mass is 9.69. The summed E-state index contributed by atoms with van der Waals surface area (Å²) in [5, 5.41) is 5.68. The third kappa shape index (κ3) is 4.89. The number of rotatable bonds is 6. The fraction of sp³-hybridized carbons (Fsp3) is 0.229. The van der Waals surface area contributed by atoms with Gasteiger partial charge >= 0.3 is 6.03 Å². The third-order valence-electron chi connectivity index (χ3n) is 8.55. The predicted molar refractivity (Wildman–Crippen MR) is 168 cm³/mol. The second kappa shape index (κ2) is 11.6. The largest absolute Gasteiger partial charge is 0.323 e. The molecule has 6 rings (SSSR count). The summed E-state index contributed by atoms with van der Waals surface area (Å²) in [7, 11) is 0. The molecule has 4 aromatic rings. The highest BCUT2D eigenvalue weighted by atomic mass is 79.9. The number of Topliss-reactive ketones (excluding diaryl/α,β-unsaturated/α-hetero) is 1. The SMILES string of the molecule is CC(C)CC1C(c2ccccc2)C(C(=O)c2ccccc2)C2(C(=O)Nc3ccc(Br)cc32)N1C(=O)Nc1ccc(F)c(F)c1. The summed E-state index contributed by atoms with van der Waals surface area (Å²) in [6, 6.07) is 25.3. The molecule has 6 nitrogen and oxygen atoms in total. The number of nitrogens with one attached hydrogen (secondary N) is 2. The van der Waals surface area contributed by atoms with E-state index in [-0.39, 0.29) is 17.4 Å². The number of fused-ring (bicyclic) bond motifs is 2. The van der Waals surface area contributed by atoms with E-state index in [1.54, 1.807) is 42.5 Å². The minimum atomic E-state index is -1.77. The lowest BCUT2D eigenvalue weighted by Gasteiger charge is -2.39. The van der Waals surface area contributed by atoms with Crippen LogP contribution in [0.5, 0.6) is 0 Å². The number of ketones is 1. The highest BCUT2D eigenvalue weighted by Gasteiger charge is 2.70. The minimum Gasteiger partial charge on any atom is -0.323 e. The molecule has 1 spiro atoms. The molecule has 1 fully saturated rings. The van der Waals surface area contributed by atoms with Gasteiger partial charge in [0.15, 0.2) is 23.0 Å². The first kappa shape index (κ1) is 29.7. The quantitative estimate of drug-likeness (QED) is 0.206. The normalized spacial score (nSPS) is 22.3. The summed E-state index contributed by atoms with van der Waals surface area (Å²) in [5.41, 5.74) is 0.459. The summed E-state index contributed by atoms with van der Waals surface area (Å²) < 4.78 is 28.7. The summed E-state index contributed by atoms with van der Waals surface area (Å²) in [4.78, 5) is 45.5. The second-order valence-electron chi connectivity index (χ2n) is 11.7. The van der Waals surface area contributed by atoms with Crippen molar-refractivity contribution in [2.75, 3.05) is 10.6 Å². The number of halogens is 3. The van der Waals surface area contributed by atoms with E-state index in [9.17, 15) is 23.2 Å². The first-order chi connectivity index (χ1) is 21.1. The smallest absolute Gasteiger partial charge is 0.323 e. The van der Waals surface area contributed by atoms with Crippen molar-refractivity contribution >= 4 is 45.0 Å². The third-order valence-corrected chi connectivity index (χ3v) is 9.04. The van der Waals surface area contributed by atoms with Gasteiger partial charge in [-0.05, 0) is 48.2 Å². The molecule has 9 heteroatoms. The Bertz CT molecular complexity index is 1750. The number of urea groups is 1. The Kier molecular flexibility index (Phi) is 7.84. The van der Waals surface area contributed by atoms with E-state index in [4.69, 9.17) is 0 Å². The van der Waals surface area contributed by atoms with E-state index in [0.29, 0.717) is 27.7 Å². The van der Waals surface area contributed by atoms with Crippen LogP contribution < -0.4 is 10.6 Å². The van der Waals surface area contributed by atoms with Crippen LogP contribution in [0.4, 0.5) is 25.0 Å². The van der Waals surface area contributed by atoms with E-state index in [1.807, 2.05) is 50.2 Å². The number of hydrogen-bond acceptors (Lipinski definition) is 3. The van der Waals surface area contributed by atoms with Crippen LogP contribution in [0, 0.1) is 23.5 Å². The Hall–Kier alpha value is -4.37. The maximum atomic E-state index is 14.8. The number of benzene rings is 4. The molecule has 0 radical (unpaired) electrons. The Morgan fingerprint density at radius 1 is 0.932 bits per heavy atom. The molecule has 4 atom stereocenters. The Morgan fingerprint density at radius 2 is 1.61 bits per heavy atom. The number of nitrogens with zero attached hydrogens (tertiary/aromatic N) is 1. The molecular formula is C35H30BrF2N3O3. The van der Waals surface area contributed by atoms with Crippen molar-refractivity contribution in [1.82, 2.24) is 4.90 Å². The van der Waals surface area contributed by atoms with Crippen LogP contribution in [-0.2, 0) is 10.3 Å². The minimum absolute atomic E-state index is 0.0225. The average molecular weight is 659 g/mol. The van der Waals surface area contributed by atoms with Gasteiger partial charge in [-0.3, -0.25) is 9.59 Å². The van der Waals surface area contributed by atoms with Crippen molar-refractivity contribution in [1.29, 1.82) is 0 Å². The van der Waals surface area contributed by atoms with Crippen LogP contribution in [0.1, 0.15) is 47.7 Å². The highest BCUT2D eigenvalue weighted by Crippen LogP contribution is 2.60. The number of anilines is 2. The molecule has 0 aromatic heterocycles. The maximum Gasteiger partial charge on any atom is 0.323 e. The van der Waals surface area contributed by atoms with Crippen molar-refractivity contribution in [2.45, 2.75) is 37.8 Å². The second-order valence-corrected chi connectivity index (χ2v) is 12.6. The van der Waals surface area contributed by atoms with Gasteiger partial charge in [0.25, 0.3) is 5.91 Å². The Morgan fingerprint density at radius 3 is 2.27 bits per heavy atom. The molecule has 0 aliphatic carbocycles. The lowest BCUT2D eigenvalue weighted by Crippen LogP contribution is -2.57. The lowest BCUT2D eigenvalue weighted by molar-refractivity contribution is -0.126. The molecule has 0 saturated carbocycles. The fourth-order valence-corrected chi connectivity index (χ4v) is 7.27. The number of hydrogen-bond donors (Lipinski definition) is 2. The van der Waals surface area contributed by atoms with Crippen molar-refractivity contribution < 1.29 is 23.2 Å². The molecule has 2 aliphatic rings. The maximum absolute atomic E-state index is 14.8. The standard InChI is InChI=1S/C35H30BrF2N3O3/c1-20(2)17-29-30(21-9-5-3-6-10-21)31(32(42)22-11-7-4-8-12-22)35(25-18-23(36)13-16-28(25)40-33(35)43)41(29)34(44)39-24-14-15-26(37)27(38)19-24/h3-16,18-20,29-31H,17H2,1-2H3,(H,39,44)(H,40,43). The number of carbonyl (C=O) groups is 3. The van der Waals surface area contributed by atoms with Crippen LogP contribution in [0.15, 0.2) is 102 Å². The van der Waals surface area contributed by atoms with Crippen molar-refractivity contribution in [3.05, 3.63) is 130 Å². The van der Waals surface area contributed by atoms with Crippen LogP contribution >= 0.6 is 15.9 Å². The summed E-state index contributed by atoms with van der Waals surface area (Å²) in [5.74, 6) is -4.50. The van der Waals surface area contributed by atoms with E-state index in [1.165, 1.54) is 11.0 Å². The van der Waals surface area contributed by atoms with Crippen molar-refractivity contribution in [2.24, 2.45) is 11.8 Å². The average Bonchev–Trinajstić information content (AvgIpc) is 3.46. The van der Waals surface area contributed by atoms with E-state index < -0.39 is 47.0 Å². The van der Waals surface area contributed by atoms with E-state index in [2.05, 4.69) is 26.6 Å². The summed E-state index contributed by atoms with van der Waals surface area (Å²) in [6.45, 7) is 4.04. The number of likely N-dealkylation sites (tertiary alicyclic amines) is 1. The molecular weight excluding hydrogens is 628 g/mol.